The molecule has 0 aromatic carbocycles. The van der Waals surface area contributed by atoms with Gasteiger partial charge in [-0.15, -0.1) is 0 Å². The van der Waals surface area contributed by atoms with Gasteiger partial charge in [-0.05, 0) is 61.0 Å². The molecule has 1 aromatic rings. The Morgan fingerprint density at radius 1 is 1.35 bits per heavy atom. The van der Waals surface area contributed by atoms with Crippen LogP contribution in [-0.2, 0) is 19.5 Å². The molecule has 20 heavy (non-hydrogen) atoms. The third-order valence-corrected chi connectivity index (χ3v) is 5.56. The maximum Gasteiger partial charge on any atom is 0.0767 e. The van der Waals surface area contributed by atoms with E-state index in [0.717, 1.165) is 30.8 Å². The Morgan fingerprint density at radius 3 is 2.80 bits per heavy atom. The van der Waals surface area contributed by atoms with Gasteiger partial charge in [0.2, 0.25) is 0 Å². The number of piperidine rings is 1. The van der Waals surface area contributed by atoms with Crippen LogP contribution in [0.2, 0.25) is 0 Å². The predicted molar refractivity (Wildman–Crippen MR) is 91.4 cm³/mol. The van der Waals surface area contributed by atoms with Gasteiger partial charge in [0, 0.05) is 25.0 Å². The van der Waals surface area contributed by atoms with E-state index in [9.17, 15) is 0 Å². The summed E-state index contributed by atoms with van der Waals surface area (Å²) in [5, 5.41) is 5.83. The van der Waals surface area contributed by atoms with Crippen molar-refractivity contribution in [3.63, 3.8) is 0 Å². The van der Waals surface area contributed by atoms with Crippen molar-refractivity contribution in [3.05, 3.63) is 15.9 Å². The highest BCUT2D eigenvalue weighted by molar-refractivity contribution is 9.10. The predicted octanol–water partition coefficient (Wildman–Crippen LogP) is 4.22. The lowest BCUT2D eigenvalue weighted by Crippen LogP contribution is -2.35. The monoisotopic (exact) mass is 405 g/mol. The Morgan fingerprint density at radius 2 is 2.15 bits per heavy atom. The molecule has 2 heterocycles. The van der Waals surface area contributed by atoms with Gasteiger partial charge in [0.1, 0.15) is 0 Å². The van der Waals surface area contributed by atoms with E-state index in [1.807, 2.05) is 0 Å². The summed E-state index contributed by atoms with van der Waals surface area (Å²) in [6, 6.07) is 0. The molecule has 0 radical (unpaired) electrons. The average Bonchev–Trinajstić information content (AvgIpc) is 2.76. The van der Waals surface area contributed by atoms with Gasteiger partial charge < -0.3 is 0 Å². The lowest BCUT2D eigenvalue weighted by molar-refractivity contribution is 0.161. The largest absolute Gasteiger partial charge is 0.297 e. The highest BCUT2D eigenvalue weighted by Gasteiger charge is 2.22. The molecule has 1 saturated heterocycles. The van der Waals surface area contributed by atoms with Gasteiger partial charge in [-0.3, -0.25) is 9.58 Å². The molecule has 1 aliphatic heterocycles. The molecule has 3 nitrogen and oxygen atoms in total. The van der Waals surface area contributed by atoms with Crippen LogP contribution in [0.25, 0.3) is 0 Å². The molecule has 0 N–H and O–H groups in total. The molecule has 114 valence electrons. The third kappa shape index (κ3) is 3.86. The second-order valence-electron chi connectivity index (χ2n) is 5.60. The van der Waals surface area contributed by atoms with Crippen LogP contribution in [0.15, 0.2) is 4.47 Å². The maximum absolute atomic E-state index is 4.70. The number of hydrogen-bond donors (Lipinski definition) is 0. The molecular formula is C15H25Br2N3. The van der Waals surface area contributed by atoms with Crippen molar-refractivity contribution in [2.24, 2.45) is 5.92 Å². The second-order valence-corrected chi connectivity index (χ2v) is 7.18. The van der Waals surface area contributed by atoms with Crippen LogP contribution in [0.1, 0.15) is 44.5 Å². The zero-order chi connectivity index (χ0) is 14.5. The SMILES string of the molecule is CCc1nn(CC)c(CN2CCCC(CCBr)C2)c1Br. The lowest BCUT2D eigenvalue weighted by Gasteiger charge is -2.32. The molecule has 1 aromatic heterocycles. The molecule has 2 rings (SSSR count). The first-order valence-electron chi connectivity index (χ1n) is 7.71. The summed E-state index contributed by atoms with van der Waals surface area (Å²) in [7, 11) is 0. The smallest absolute Gasteiger partial charge is 0.0767 e. The van der Waals surface area contributed by atoms with Crippen LogP contribution in [-0.4, -0.2) is 33.1 Å². The number of nitrogens with zero attached hydrogens (tertiary/aromatic N) is 3. The Hall–Kier alpha value is 0.130. The van der Waals surface area contributed by atoms with Crippen molar-refractivity contribution in [1.82, 2.24) is 14.7 Å². The number of aromatic nitrogens is 2. The Balaban J connectivity index is 2.07. The Labute approximate surface area is 139 Å². The van der Waals surface area contributed by atoms with E-state index in [-0.39, 0.29) is 0 Å². The first-order valence-corrected chi connectivity index (χ1v) is 9.63. The fourth-order valence-corrected chi connectivity index (χ4v) is 4.40. The summed E-state index contributed by atoms with van der Waals surface area (Å²) < 4.78 is 3.39. The summed E-state index contributed by atoms with van der Waals surface area (Å²) >= 11 is 7.34. The molecule has 0 saturated carbocycles. The van der Waals surface area contributed by atoms with Crippen LogP contribution < -0.4 is 0 Å². The fourth-order valence-electron chi connectivity index (χ4n) is 3.06. The van der Waals surface area contributed by atoms with Gasteiger partial charge in [-0.2, -0.15) is 5.10 Å². The van der Waals surface area contributed by atoms with Crippen LogP contribution in [0.5, 0.6) is 0 Å². The summed E-state index contributed by atoms with van der Waals surface area (Å²) in [6.45, 7) is 8.78. The zero-order valence-corrected chi connectivity index (χ0v) is 15.7. The van der Waals surface area contributed by atoms with E-state index in [1.165, 1.54) is 48.2 Å². The molecule has 5 heteroatoms. The van der Waals surface area contributed by atoms with Crippen molar-refractivity contribution >= 4 is 31.9 Å². The molecule has 0 spiro atoms. The summed E-state index contributed by atoms with van der Waals surface area (Å²) in [6.07, 6.45) is 5.00. The number of aryl methyl sites for hydroxylation is 2. The molecule has 0 amide bonds. The highest BCUT2D eigenvalue weighted by atomic mass is 79.9. The van der Waals surface area contributed by atoms with Gasteiger partial charge >= 0.3 is 0 Å². The molecule has 1 fully saturated rings. The number of halogens is 2. The van der Waals surface area contributed by atoms with E-state index < -0.39 is 0 Å². The normalized spacial score (nSPS) is 20.5. The van der Waals surface area contributed by atoms with Crippen LogP contribution in [0.3, 0.4) is 0 Å². The van der Waals surface area contributed by atoms with Gasteiger partial charge in [0.25, 0.3) is 0 Å². The minimum Gasteiger partial charge on any atom is -0.297 e. The van der Waals surface area contributed by atoms with Gasteiger partial charge in [0.05, 0.1) is 15.9 Å². The van der Waals surface area contributed by atoms with Gasteiger partial charge in [-0.1, -0.05) is 22.9 Å². The number of rotatable bonds is 6. The third-order valence-electron chi connectivity index (χ3n) is 4.19. The fraction of sp³-hybridized carbons (Fsp3) is 0.800. The van der Waals surface area contributed by atoms with E-state index in [2.05, 4.69) is 55.3 Å². The summed E-state index contributed by atoms with van der Waals surface area (Å²) in [5.41, 5.74) is 2.54. The van der Waals surface area contributed by atoms with Crippen LogP contribution >= 0.6 is 31.9 Å². The lowest BCUT2D eigenvalue weighted by atomic mass is 9.95. The molecule has 1 unspecified atom stereocenters. The summed E-state index contributed by atoms with van der Waals surface area (Å²) in [4.78, 5) is 2.60. The number of hydrogen-bond acceptors (Lipinski definition) is 2. The Bertz CT molecular complexity index is 429. The molecule has 0 bridgehead atoms. The van der Waals surface area contributed by atoms with Crippen molar-refractivity contribution in [2.45, 2.75) is 52.6 Å². The molecule has 1 aliphatic rings. The van der Waals surface area contributed by atoms with Crippen molar-refractivity contribution in [2.75, 3.05) is 18.4 Å². The molecular weight excluding hydrogens is 382 g/mol. The van der Waals surface area contributed by atoms with Crippen LogP contribution in [0.4, 0.5) is 0 Å². The minimum atomic E-state index is 0.852. The van der Waals surface area contributed by atoms with Crippen molar-refractivity contribution in [1.29, 1.82) is 0 Å². The van der Waals surface area contributed by atoms with Gasteiger partial charge in [0.15, 0.2) is 0 Å². The maximum atomic E-state index is 4.70. The first-order chi connectivity index (χ1) is 9.69. The zero-order valence-electron chi connectivity index (χ0n) is 12.5. The highest BCUT2D eigenvalue weighted by Crippen LogP contribution is 2.27. The van der Waals surface area contributed by atoms with E-state index >= 15 is 0 Å². The quantitative estimate of drug-likeness (QED) is 0.659. The van der Waals surface area contributed by atoms with E-state index in [4.69, 9.17) is 5.10 Å². The number of likely N-dealkylation sites (tertiary alicyclic amines) is 1. The number of alkyl halides is 1. The van der Waals surface area contributed by atoms with Gasteiger partial charge in [-0.25, -0.2) is 0 Å². The van der Waals surface area contributed by atoms with E-state index in [0.29, 0.717) is 0 Å². The van der Waals surface area contributed by atoms with Crippen molar-refractivity contribution in [3.8, 4) is 0 Å². The minimum absolute atomic E-state index is 0.852. The first kappa shape index (κ1) is 16.5. The standard InChI is InChI=1S/C15H25Br2N3/c1-3-13-15(17)14(20(4-2)18-13)11-19-9-5-6-12(10-19)7-8-16/h12H,3-11H2,1-2H3. The molecule has 1 atom stereocenters. The van der Waals surface area contributed by atoms with Crippen LogP contribution in [0, 0.1) is 5.92 Å². The molecule has 0 aliphatic carbocycles. The topological polar surface area (TPSA) is 21.1 Å². The average molecular weight is 407 g/mol. The van der Waals surface area contributed by atoms with E-state index in [1.54, 1.807) is 0 Å². The Kier molecular flexibility index (Phi) is 6.56. The van der Waals surface area contributed by atoms with Crippen molar-refractivity contribution < 1.29 is 0 Å². The summed E-state index contributed by atoms with van der Waals surface area (Å²) in [5.74, 6) is 0.852. The second kappa shape index (κ2) is 7.95.